The van der Waals surface area contributed by atoms with E-state index in [1.165, 1.54) is 5.56 Å². The van der Waals surface area contributed by atoms with Gasteiger partial charge < -0.3 is 14.2 Å². The van der Waals surface area contributed by atoms with Gasteiger partial charge in [0.2, 0.25) is 6.79 Å². The third-order valence-electron chi connectivity index (χ3n) is 3.53. The van der Waals surface area contributed by atoms with Crippen molar-refractivity contribution in [3.63, 3.8) is 0 Å². The molecule has 1 atom stereocenters. The zero-order valence-corrected chi connectivity index (χ0v) is 11.1. The summed E-state index contributed by atoms with van der Waals surface area (Å²) in [4.78, 5) is 11.6. The number of carbonyl (C=O) groups is 1. The van der Waals surface area contributed by atoms with Crippen LogP contribution in [-0.2, 0) is 16.0 Å². The minimum absolute atomic E-state index is 0.269. The van der Waals surface area contributed by atoms with Gasteiger partial charge in [-0.2, -0.15) is 0 Å². The quantitative estimate of drug-likeness (QED) is 0.605. The first kappa shape index (κ1) is 12.1. The lowest BCUT2D eigenvalue weighted by Gasteiger charge is -2.06. The Morgan fingerprint density at radius 2 is 2.16 bits per heavy atom. The summed E-state index contributed by atoms with van der Waals surface area (Å²) < 4.78 is 15.8. The highest BCUT2D eigenvalue weighted by molar-refractivity contribution is 5.94. The van der Waals surface area contributed by atoms with E-state index in [-0.39, 0.29) is 12.8 Å². The maximum absolute atomic E-state index is 11.6. The molecule has 0 aromatic heterocycles. The lowest BCUT2D eigenvalue weighted by atomic mass is 10.0. The maximum atomic E-state index is 11.6. The van der Waals surface area contributed by atoms with Gasteiger partial charge in [-0.15, -0.1) is 0 Å². The highest BCUT2D eigenvalue weighted by Gasteiger charge is 2.28. The second-order valence-electron chi connectivity index (χ2n) is 4.82. The fourth-order valence-electron chi connectivity index (χ4n) is 2.66. The van der Waals surface area contributed by atoms with Crippen LogP contribution in [0.1, 0.15) is 25.0 Å². The molecule has 4 nitrogen and oxygen atoms in total. The van der Waals surface area contributed by atoms with E-state index in [1.807, 2.05) is 12.1 Å². The molecule has 2 aliphatic rings. The highest BCUT2D eigenvalue weighted by Crippen LogP contribution is 2.44. The predicted molar refractivity (Wildman–Crippen MR) is 70.0 cm³/mol. The topological polar surface area (TPSA) is 44.8 Å². The molecule has 0 fully saturated rings. The number of ether oxygens (including phenoxy) is 3. The van der Waals surface area contributed by atoms with Crippen molar-refractivity contribution in [3.8, 4) is 11.5 Å². The van der Waals surface area contributed by atoms with Crippen LogP contribution >= 0.6 is 0 Å². The lowest BCUT2D eigenvalue weighted by molar-refractivity contribution is -0.137. The van der Waals surface area contributed by atoms with Crippen LogP contribution in [0.25, 0.3) is 5.57 Å². The van der Waals surface area contributed by atoms with E-state index < -0.39 is 0 Å². The first-order valence-corrected chi connectivity index (χ1v) is 6.50. The van der Waals surface area contributed by atoms with Crippen molar-refractivity contribution in [3.05, 3.63) is 29.3 Å². The molecule has 1 unspecified atom stereocenters. The molecule has 4 heteroatoms. The molecule has 1 aliphatic carbocycles. The summed E-state index contributed by atoms with van der Waals surface area (Å²) in [7, 11) is 0. The van der Waals surface area contributed by atoms with E-state index in [4.69, 9.17) is 14.2 Å². The Morgan fingerprint density at radius 3 is 2.89 bits per heavy atom. The summed E-state index contributed by atoms with van der Waals surface area (Å²) in [5.41, 5.74) is 3.30. The van der Waals surface area contributed by atoms with Crippen LogP contribution in [0.4, 0.5) is 0 Å². The van der Waals surface area contributed by atoms with Gasteiger partial charge in [0.05, 0.1) is 6.61 Å². The fourth-order valence-corrected chi connectivity index (χ4v) is 2.66. The van der Waals surface area contributed by atoms with Crippen molar-refractivity contribution >= 4 is 11.5 Å². The molecule has 1 aliphatic heterocycles. The summed E-state index contributed by atoms with van der Waals surface area (Å²) in [6.07, 6.45) is 2.51. The molecule has 0 amide bonds. The Hall–Kier alpha value is -1.97. The van der Waals surface area contributed by atoms with Gasteiger partial charge in [-0.3, -0.25) is 0 Å². The van der Waals surface area contributed by atoms with Gasteiger partial charge in [0.15, 0.2) is 11.5 Å². The van der Waals surface area contributed by atoms with Crippen molar-refractivity contribution in [2.45, 2.75) is 20.3 Å². The maximum Gasteiger partial charge on any atom is 0.331 e. The van der Waals surface area contributed by atoms with Crippen molar-refractivity contribution in [2.24, 2.45) is 5.92 Å². The Balaban J connectivity index is 1.99. The number of carbonyl (C=O) groups excluding carboxylic acids is 1. The molecular weight excluding hydrogens is 244 g/mol. The Bertz CT molecular complexity index is 560. The second-order valence-corrected chi connectivity index (χ2v) is 4.82. The standard InChI is InChI=1S/C15H16O4/c1-3-17-15(16)7-11-9(2)4-10-5-13-14(6-12(10)11)19-8-18-13/h5-7,9H,3-4,8H2,1-2H3/b11-7+. The normalized spacial score (nSPS) is 21.6. The smallest absolute Gasteiger partial charge is 0.331 e. The van der Waals surface area contributed by atoms with Crippen LogP contribution in [0.15, 0.2) is 18.2 Å². The molecule has 1 aromatic carbocycles. The second kappa shape index (κ2) is 4.61. The van der Waals surface area contributed by atoms with Crippen LogP contribution in [0.3, 0.4) is 0 Å². The minimum atomic E-state index is -0.283. The van der Waals surface area contributed by atoms with Gasteiger partial charge in [-0.05, 0) is 48.1 Å². The van der Waals surface area contributed by atoms with E-state index in [0.717, 1.165) is 29.1 Å². The predicted octanol–water partition coefficient (Wildman–Crippen LogP) is 2.55. The van der Waals surface area contributed by atoms with E-state index in [9.17, 15) is 4.79 Å². The van der Waals surface area contributed by atoms with E-state index >= 15 is 0 Å². The summed E-state index contributed by atoms with van der Waals surface area (Å²) >= 11 is 0. The third kappa shape index (κ3) is 2.07. The largest absolute Gasteiger partial charge is 0.463 e. The van der Waals surface area contributed by atoms with Crippen molar-refractivity contribution in [1.29, 1.82) is 0 Å². The molecule has 0 N–H and O–H groups in total. The van der Waals surface area contributed by atoms with Gasteiger partial charge in [0.25, 0.3) is 0 Å². The number of benzene rings is 1. The average molecular weight is 260 g/mol. The monoisotopic (exact) mass is 260 g/mol. The first-order chi connectivity index (χ1) is 9.19. The Morgan fingerprint density at radius 1 is 1.42 bits per heavy atom. The van der Waals surface area contributed by atoms with Crippen LogP contribution in [0, 0.1) is 5.92 Å². The van der Waals surface area contributed by atoms with Gasteiger partial charge >= 0.3 is 5.97 Å². The van der Waals surface area contributed by atoms with Gasteiger partial charge in [0.1, 0.15) is 0 Å². The summed E-state index contributed by atoms with van der Waals surface area (Å²) in [6.45, 7) is 4.58. The number of hydrogen-bond donors (Lipinski definition) is 0. The van der Waals surface area contributed by atoms with E-state index in [0.29, 0.717) is 12.5 Å². The average Bonchev–Trinajstić information content (AvgIpc) is 2.92. The molecule has 1 heterocycles. The molecule has 1 aromatic rings. The molecule has 0 spiro atoms. The minimum Gasteiger partial charge on any atom is -0.463 e. The van der Waals surface area contributed by atoms with Crippen LogP contribution in [-0.4, -0.2) is 19.4 Å². The molecular formula is C15H16O4. The molecule has 0 bridgehead atoms. The van der Waals surface area contributed by atoms with Crippen LogP contribution < -0.4 is 9.47 Å². The molecule has 0 radical (unpaired) electrons. The van der Waals surface area contributed by atoms with Crippen LogP contribution in [0.2, 0.25) is 0 Å². The number of hydrogen-bond acceptors (Lipinski definition) is 4. The van der Waals surface area contributed by atoms with Crippen molar-refractivity contribution < 1.29 is 19.0 Å². The number of esters is 1. The zero-order valence-electron chi connectivity index (χ0n) is 11.1. The molecule has 3 rings (SSSR count). The molecule has 19 heavy (non-hydrogen) atoms. The summed E-state index contributed by atoms with van der Waals surface area (Å²) in [5.74, 6) is 1.57. The first-order valence-electron chi connectivity index (χ1n) is 6.50. The van der Waals surface area contributed by atoms with Crippen molar-refractivity contribution in [2.75, 3.05) is 13.4 Å². The van der Waals surface area contributed by atoms with E-state index in [2.05, 4.69) is 6.92 Å². The number of rotatable bonds is 2. The van der Waals surface area contributed by atoms with E-state index in [1.54, 1.807) is 13.0 Å². The van der Waals surface area contributed by atoms with Crippen molar-refractivity contribution in [1.82, 2.24) is 0 Å². The third-order valence-corrected chi connectivity index (χ3v) is 3.53. The SMILES string of the molecule is CCOC(=O)/C=C1/c2cc3c(cc2CC1C)OCO3. The lowest BCUT2D eigenvalue weighted by Crippen LogP contribution is -2.02. The highest BCUT2D eigenvalue weighted by atomic mass is 16.7. The number of allylic oxidation sites excluding steroid dienone is 1. The molecule has 0 saturated carbocycles. The molecule has 100 valence electrons. The number of fused-ring (bicyclic) bond motifs is 2. The van der Waals surface area contributed by atoms with Gasteiger partial charge in [-0.1, -0.05) is 6.92 Å². The Labute approximate surface area is 112 Å². The van der Waals surface area contributed by atoms with Gasteiger partial charge in [0, 0.05) is 6.08 Å². The van der Waals surface area contributed by atoms with Crippen LogP contribution in [0.5, 0.6) is 11.5 Å². The zero-order chi connectivity index (χ0) is 13.4. The summed E-state index contributed by atoms with van der Waals surface area (Å²) in [5, 5.41) is 0. The Kier molecular flexibility index (Phi) is 2.93. The van der Waals surface area contributed by atoms with Gasteiger partial charge in [-0.25, -0.2) is 4.79 Å². The fraction of sp³-hybridized carbons (Fsp3) is 0.400. The summed E-state index contributed by atoms with van der Waals surface area (Å²) in [6, 6.07) is 3.98. The molecule has 0 saturated heterocycles.